The van der Waals surface area contributed by atoms with Gasteiger partial charge >= 0.3 is 0 Å². The molecule has 0 saturated carbocycles. The van der Waals surface area contributed by atoms with Crippen LogP contribution in [0, 0.1) is 0 Å². The van der Waals surface area contributed by atoms with Gasteiger partial charge in [-0.05, 0) is 24.3 Å². The second-order valence-electron chi connectivity index (χ2n) is 5.22. The van der Waals surface area contributed by atoms with E-state index in [-0.39, 0.29) is 11.5 Å². The molecule has 0 saturated heterocycles. The molecule has 2 heterocycles. The summed E-state index contributed by atoms with van der Waals surface area (Å²) in [6.45, 7) is 1.26. The highest BCUT2D eigenvalue weighted by Crippen LogP contribution is 2.30. The summed E-state index contributed by atoms with van der Waals surface area (Å²) in [5, 5.41) is 10.5. The summed E-state index contributed by atoms with van der Waals surface area (Å²) in [7, 11) is 0. The number of aromatic hydroxyl groups is 1. The van der Waals surface area contributed by atoms with Crippen molar-refractivity contribution in [3.05, 3.63) is 64.3 Å². The third-order valence-corrected chi connectivity index (χ3v) is 3.75. The molecule has 0 radical (unpaired) electrons. The van der Waals surface area contributed by atoms with Crippen LogP contribution in [-0.4, -0.2) is 24.2 Å². The van der Waals surface area contributed by atoms with Crippen molar-refractivity contribution >= 4 is 16.9 Å². The predicted molar refractivity (Wildman–Crippen MR) is 86.9 cm³/mol. The van der Waals surface area contributed by atoms with Crippen molar-refractivity contribution in [2.45, 2.75) is 0 Å². The Morgan fingerprint density at radius 2 is 1.74 bits per heavy atom. The molecule has 1 aromatic heterocycles. The summed E-state index contributed by atoms with van der Waals surface area (Å²) in [6, 6.07) is 14.0. The molecule has 114 valence electrons. The highest BCUT2D eigenvalue weighted by Gasteiger charge is 2.16. The molecule has 1 aliphatic heterocycles. The van der Waals surface area contributed by atoms with Crippen molar-refractivity contribution in [2.24, 2.45) is 4.99 Å². The topological polar surface area (TPSA) is 72.0 Å². The lowest BCUT2D eigenvalue weighted by molar-refractivity contribution is 0.348. The van der Waals surface area contributed by atoms with Crippen LogP contribution in [0.3, 0.4) is 0 Å². The van der Waals surface area contributed by atoms with Gasteiger partial charge in [-0.1, -0.05) is 24.3 Å². The molecule has 2 aromatic carbocycles. The van der Waals surface area contributed by atoms with Crippen LogP contribution in [0.2, 0.25) is 0 Å². The third-order valence-electron chi connectivity index (χ3n) is 3.75. The van der Waals surface area contributed by atoms with Gasteiger partial charge < -0.3 is 14.3 Å². The number of nitrogens with zero attached hydrogens (tertiary/aromatic N) is 1. The van der Waals surface area contributed by atoms with Gasteiger partial charge in [0.05, 0.1) is 11.9 Å². The highest BCUT2D eigenvalue weighted by atomic mass is 16.5. The highest BCUT2D eigenvalue weighted by molar-refractivity contribution is 5.95. The maximum absolute atomic E-state index is 12.2. The van der Waals surface area contributed by atoms with Crippen LogP contribution in [0.5, 0.6) is 5.75 Å². The lowest BCUT2D eigenvalue weighted by Crippen LogP contribution is -2.03. The molecule has 1 aliphatic rings. The van der Waals surface area contributed by atoms with Crippen molar-refractivity contribution in [3.8, 4) is 17.1 Å². The van der Waals surface area contributed by atoms with Crippen LogP contribution < -0.4 is 5.43 Å². The zero-order chi connectivity index (χ0) is 15.8. The quantitative estimate of drug-likeness (QED) is 0.790. The largest absolute Gasteiger partial charge is 0.502 e. The Labute approximate surface area is 131 Å². The first-order chi connectivity index (χ1) is 11.2. The first-order valence-electron chi connectivity index (χ1n) is 7.27. The van der Waals surface area contributed by atoms with Gasteiger partial charge in [0, 0.05) is 11.1 Å². The maximum Gasteiger partial charge on any atom is 0.235 e. The maximum atomic E-state index is 12.2. The number of hydrogen-bond acceptors (Lipinski definition) is 5. The van der Waals surface area contributed by atoms with E-state index in [1.807, 2.05) is 12.1 Å². The van der Waals surface area contributed by atoms with Gasteiger partial charge in [-0.3, -0.25) is 4.79 Å². The summed E-state index contributed by atoms with van der Waals surface area (Å²) in [5.41, 5.74) is 1.48. The van der Waals surface area contributed by atoms with Crippen molar-refractivity contribution in [1.82, 2.24) is 0 Å². The monoisotopic (exact) mass is 307 g/mol. The fourth-order valence-electron chi connectivity index (χ4n) is 2.60. The minimum Gasteiger partial charge on any atom is -0.502 e. The second kappa shape index (κ2) is 5.28. The van der Waals surface area contributed by atoms with Gasteiger partial charge in [0.2, 0.25) is 17.1 Å². The normalized spacial score (nSPS) is 13.8. The molecule has 0 aliphatic carbocycles. The average molecular weight is 307 g/mol. The molecule has 23 heavy (non-hydrogen) atoms. The van der Waals surface area contributed by atoms with E-state index in [2.05, 4.69) is 4.99 Å². The van der Waals surface area contributed by atoms with Gasteiger partial charge in [0.1, 0.15) is 12.2 Å². The Hall–Kier alpha value is -3.08. The number of hydrogen-bond donors (Lipinski definition) is 1. The van der Waals surface area contributed by atoms with E-state index in [9.17, 15) is 9.90 Å². The number of benzene rings is 2. The predicted octanol–water partition coefficient (Wildman–Crippen LogP) is 2.94. The van der Waals surface area contributed by atoms with Crippen molar-refractivity contribution < 1.29 is 14.3 Å². The molecule has 0 bridgehead atoms. The van der Waals surface area contributed by atoms with Crippen molar-refractivity contribution in [3.63, 3.8) is 0 Å². The molecular formula is C18H13NO4. The minimum absolute atomic E-state index is 0.162. The summed E-state index contributed by atoms with van der Waals surface area (Å²) in [4.78, 5) is 16.5. The van der Waals surface area contributed by atoms with Crippen molar-refractivity contribution in [2.75, 3.05) is 13.2 Å². The number of rotatable bonds is 2. The number of fused-ring (bicyclic) bond motifs is 1. The molecular weight excluding hydrogens is 294 g/mol. The summed E-state index contributed by atoms with van der Waals surface area (Å²) >= 11 is 0. The average Bonchev–Trinajstić information content (AvgIpc) is 3.13. The number of aliphatic imine (C=N–C) groups is 1. The molecule has 4 rings (SSSR count). The van der Waals surface area contributed by atoms with E-state index in [4.69, 9.17) is 9.15 Å². The summed E-state index contributed by atoms with van der Waals surface area (Å²) < 4.78 is 11.1. The second-order valence-corrected chi connectivity index (χ2v) is 5.22. The zero-order valence-electron chi connectivity index (χ0n) is 12.2. The first kappa shape index (κ1) is 13.6. The molecule has 0 amide bonds. The van der Waals surface area contributed by atoms with Gasteiger partial charge in [0.15, 0.2) is 5.76 Å². The van der Waals surface area contributed by atoms with E-state index in [0.29, 0.717) is 35.6 Å². The Kier molecular flexibility index (Phi) is 3.12. The number of ether oxygens (including phenoxy) is 1. The standard InChI is InChI=1S/C18H13NO4/c20-15-13-3-1-2-4-14(13)23-17(16(15)21)11-5-7-12(8-6-11)18-19-9-10-22-18/h1-8,21H,9-10H2. The lowest BCUT2D eigenvalue weighted by Gasteiger charge is -2.07. The third kappa shape index (κ3) is 2.26. The van der Waals surface area contributed by atoms with E-state index in [1.165, 1.54) is 0 Å². The van der Waals surface area contributed by atoms with Crippen LogP contribution in [0.1, 0.15) is 5.56 Å². The Morgan fingerprint density at radius 1 is 1.00 bits per heavy atom. The summed E-state index contributed by atoms with van der Waals surface area (Å²) in [6.07, 6.45) is 0. The Balaban J connectivity index is 1.82. The Bertz CT molecular complexity index is 970. The molecule has 5 heteroatoms. The Morgan fingerprint density at radius 3 is 2.48 bits per heavy atom. The van der Waals surface area contributed by atoms with Gasteiger partial charge in [-0.25, -0.2) is 4.99 Å². The zero-order valence-corrected chi connectivity index (χ0v) is 12.2. The van der Waals surface area contributed by atoms with Crippen LogP contribution in [-0.2, 0) is 4.74 Å². The molecule has 3 aromatic rings. The van der Waals surface area contributed by atoms with Gasteiger partial charge in [-0.15, -0.1) is 0 Å². The molecule has 0 atom stereocenters. The SMILES string of the molecule is O=c1c(O)c(-c2ccc(C3=NCCO3)cc2)oc2ccccc12. The summed E-state index contributed by atoms with van der Waals surface area (Å²) in [5.74, 6) is 0.390. The fraction of sp³-hybridized carbons (Fsp3) is 0.111. The van der Waals surface area contributed by atoms with E-state index >= 15 is 0 Å². The van der Waals surface area contributed by atoms with Crippen molar-refractivity contribution in [1.29, 1.82) is 0 Å². The molecule has 0 fully saturated rings. The van der Waals surface area contributed by atoms with E-state index in [0.717, 1.165) is 5.56 Å². The molecule has 1 N–H and O–H groups in total. The smallest absolute Gasteiger partial charge is 0.235 e. The van der Waals surface area contributed by atoms with Crippen LogP contribution >= 0.6 is 0 Å². The first-order valence-corrected chi connectivity index (χ1v) is 7.27. The van der Waals surface area contributed by atoms with Crippen LogP contribution in [0.15, 0.2) is 62.7 Å². The van der Waals surface area contributed by atoms with E-state index in [1.54, 1.807) is 36.4 Å². The van der Waals surface area contributed by atoms with Crippen LogP contribution in [0.4, 0.5) is 0 Å². The molecule has 0 spiro atoms. The van der Waals surface area contributed by atoms with Gasteiger partial charge in [-0.2, -0.15) is 0 Å². The molecule has 0 unspecified atom stereocenters. The fourth-order valence-corrected chi connectivity index (χ4v) is 2.60. The number of para-hydroxylation sites is 1. The molecule has 5 nitrogen and oxygen atoms in total. The van der Waals surface area contributed by atoms with Crippen LogP contribution in [0.25, 0.3) is 22.3 Å². The van der Waals surface area contributed by atoms with Gasteiger partial charge in [0.25, 0.3) is 0 Å². The van der Waals surface area contributed by atoms with E-state index < -0.39 is 5.43 Å². The minimum atomic E-state index is -0.436. The lowest BCUT2D eigenvalue weighted by atomic mass is 10.1.